The third kappa shape index (κ3) is 4.38. The second kappa shape index (κ2) is 7.53. The number of piperazine rings is 1. The fraction of sp³-hybridized carbons (Fsp3) is 0.412. The van der Waals surface area contributed by atoms with Gasteiger partial charge in [0.1, 0.15) is 0 Å². The van der Waals surface area contributed by atoms with Gasteiger partial charge in [-0.15, -0.1) is 11.3 Å². The fourth-order valence-electron chi connectivity index (χ4n) is 2.76. The van der Waals surface area contributed by atoms with E-state index in [1.807, 2.05) is 12.3 Å². The van der Waals surface area contributed by atoms with Gasteiger partial charge in [-0.05, 0) is 19.1 Å². The summed E-state index contributed by atoms with van der Waals surface area (Å²) < 4.78 is 24.7. The van der Waals surface area contributed by atoms with E-state index in [-0.39, 0.29) is 23.0 Å². The highest BCUT2D eigenvalue weighted by Gasteiger charge is 2.24. The predicted molar refractivity (Wildman–Crippen MR) is 98.8 cm³/mol. The fourth-order valence-corrected chi connectivity index (χ4v) is 4.69. The molecular weight excluding hydrogens is 358 g/mol. The Hall–Kier alpha value is -1.93. The van der Waals surface area contributed by atoms with Crippen molar-refractivity contribution in [3.8, 4) is 0 Å². The first-order chi connectivity index (χ1) is 12.0. The zero-order chi connectivity index (χ0) is 17.9. The molecule has 1 aromatic heterocycles. The molecule has 0 saturated carbocycles. The molecule has 8 heteroatoms. The molecule has 0 N–H and O–H groups in total. The van der Waals surface area contributed by atoms with E-state index < -0.39 is 9.84 Å². The van der Waals surface area contributed by atoms with E-state index in [9.17, 15) is 13.2 Å². The third-order valence-electron chi connectivity index (χ3n) is 4.29. The van der Waals surface area contributed by atoms with Crippen molar-refractivity contribution in [1.29, 1.82) is 0 Å². The van der Waals surface area contributed by atoms with Crippen molar-refractivity contribution < 1.29 is 13.2 Å². The number of benzene rings is 1. The summed E-state index contributed by atoms with van der Waals surface area (Å²) in [4.78, 5) is 20.8. The van der Waals surface area contributed by atoms with Crippen LogP contribution in [0.25, 0.3) is 0 Å². The maximum absolute atomic E-state index is 12.4. The quantitative estimate of drug-likeness (QED) is 0.794. The Morgan fingerprint density at radius 1 is 1.16 bits per heavy atom. The number of sulfone groups is 1. The number of carbonyl (C=O) groups is 1. The van der Waals surface area contributed by atoms with Crippen LogP contribution in [0.5, 0.6) is 0 Å². The van der Waals surface area contributed by atoms with Gasteiger partial charge in [-0.2, -0.15) is 0 Å². The number of aromatic nitrogens is 1. The SMILES string of the molecule is Cc1ccc(S(=O)(=O)CCC(=O)N2CCN(c3nccs3)CC2)cc1. The summed E-state index contributed by atoms with van der Waals surface area (Å²) in [6, 6.07) is 6.74. The minimum Gasteiger partial charge on any atom is -0.345 e. The van der Waals surface area contributed by atoms with E-state index in [4.69, 9.17) is 0 Å². The molecule has 0 atom stereocenters. The van der Waals surface area contributed by atoms with Crippen molar-refractivity contribution in [3.63, 3.8) is 0 Å². The summed E-state index contributed by atoms with van der Waals surface area (Å²) in [5.41, 5.74) is 1.01. The zero-order valence-electron chi connectivity index (χ0n) is 14.1. The van der Waals surface area contributed by atoms with Crippen LogP contribution in [0.15, 0.2) is 40.7 Å². The van der Waals surface area contributed by atoms with E-state index in [0.29, 0.717) is 13.1 Å². The molecule has 1 saturated heterocycles. The molecule has 1 fully saturated rings. The van der Waals surface area contributed by atoms with Gasteiger partial charge < -0.3 is 9.80 Å². The van der Waals surface area contributed by atoms with E-state index in [1.165, 1.54) is 0 Å². The Balaban J connectivity index is 1.52. The molecule has 0 spiro atoms. The number of hydrogen-bond donors (Lipinski definition) is 0. The van der Waals surface area contributed by atoms with Crippen LogP contribution in [-0.4, -0.2) is 56.1 Å². The Morgan fingerprint density at radius 2 is 1.84 bits per heavy atom. The normalized spacial score (nSPS) is 15.4. The predicted octanol–water partition coefficient (Wildman–Crippen LogP) is 1.96. The zero-order valence-corrected chi connectivity index (χ0v) is 15.7. The number of anilines is 1. The van der Waals surface area contributed by atoms with Crippen LogP contribution in [-0.2, 0) is 14.6 Å². The molecule has 2 heterocycles. The molecule has 0 radical (unpaired) electrons. The monoisotopic (exact) mass is 379 g/mol. The van der Waals surface area contributed by atoms with Gasteiger partial charge in [0.15, 0.2) is 15.0 Å². The highest BCUT2D eigenvalue weighted by atomic mass is 32.2. The van der Waals surface area contributed by atoms with Crippen LogP contribution in [0.2, 0.25) is 0 Å². The molecule has 0 unspecified atom stereocenters. The lowest BCUT2D eigenvalue weighted by atomic mass is 10.2. The lowest BCUT2D eigenvalue weighted by molar-refractivity contribution is -0.131. The summed E-state index contributed by atoms with van der Waals surface area (Å²) in [6.45, 7) is 4.56. The first kappa shape index (κ1) is 17.9. The first-order valence-electron chi connectivity index (χ1n) is 8.17. The topological polar surface area (TPSA) is 70.6 Å². The van der Waals surface area contributed by atoms with E-state index >= 15 is 0 Å². The van der Waals surface area contributed by atoms with Crippen LogP contribution in [0, 0.1) is 6.92 Å². The van der Waals surface area contributed by atoms with E-state index in [0.717, 1.165) is 23.8 Å². The molecule has 1 aromatic carbocycles. The average molecular weight is 380 g/mol. The number of aryl methyl sites for hydroxylation is 1. The Bertz CT molecular complexity index is 809. The van der Waals surface area contributed by atoms with Crippen molar-refractivity contribution in [2.45, 2.75) is 18.2 Å². The largest absolute Gasteiger partial charge is 0.345 e. The molecule has 6 nitrogen and oxygen atoms in total. The van der Waals surface area contributed by atoms with Crippen LogP contribution in [0.1, 0.15) is 12.0 Å². The highest BCUT2D eigenvalue weighted by Crippen LogP contribution is 2.19. The molecule has 3 rings (SSSR count). The van der Waals surface area contributed by atoms with Crippen LogP contribution in [0.4, 0.5) is 5.13 Å². The maximum atomic E-state index is 12.4. The summed E-state index contributed by atoms with van der Waals surface area (Å²) in [7, 11) is -3.42. The second-order valence-corrected chi connectivity index (χ2v) is 9.05. The minimum absolute atomic E-state index is 0.0213. The summed E-state index contributed by atoms with van der Waals surface area (Å²) >= 11 is 1.58. The number of hydrogen-bond acceptors (Lipinski definition) is 6. The molecule has 1 aliphatic rings. The summed E-state index contributed by atoms with van der Waals surface area (Å²) in [5.74, 6) is -0.254. The molecule has 1 amide bonds. The molecule has 0 aliphatic carbocycles. The minimum atomic E-state index is -3.42. The third-order valence-corrected chi connectivity index (χ3v) is 6.85. The second-order valence-electron chi connectivity index (χ2n) is 6.06. The smallest absolute Gasteiger partial charge is 0.223 e. The molecule has 2 aromatic rings. The summed E-state index contributed by atoms with van der Waals surface area (Å²) in [5, 5.41) is 2.90. The van der Waals surface area contributed by atoms with Crippen molar-refractivity contribution in [1.82, 2.24) is 9.88 Å². The summed E-state index contributed by atoms with van der Waals surface area (Å²) in [6.07, 6.45) is 1.79. The van der Waals surface area contributed by atoms with Crippen molar-refractivity contribution in [2.24, 2.45) is 0 Å². The van der Waals surface area contributed by atoms with Gasteiger partial charge in [0, 0.05) is 44.2 Å². The lowest BCUT2D eigenvalue weighted by Crippen LogP contribution is -2.49. The molecule has 0 bridgehead atoms. The standard InChI is InChI=1S/C17H21N3O3S2/c1-14-2-4-15(5-3-14)25(22,23)13-6-16(21)19-8-10-20(11-9-19)17-18-7-12-24-17/h2-5,7,12H,6,8-11,13H2,1H3. The van der Waals surface area contributed by atoms with Gasteiger partial charge in [0.05, 0.1) is 10.6 Å². The van der Waals surface area contributed by atoms with E-state index in [2.05, 4.69) is 9.88 Å². The highest BCUT2D eigenvalue weighted by molar-refractivity contribution is 7.91. The molecule has 134 valence electrons. The number of amides is 1. The average Bonchev–Trinajstić information content (AvgIpc) is 3.15. The van der Waals surface area contributed by atoms with Crippen molar-refractivity contribution in [2.75, 3.05) is 36.8 Å². The van der Waals surface area contributed by atoms with Gasteiger partial charge in [0.25, 0.3) is 0 Å². The Kier molecular flexibility index (Phi) is 5.39. The number of rotatable bonds is 5. The van der Waals surface area contributed by atoms with Gasteiger partial charge in [-0.1, -0.05) is 17.7 Å². The van der Waals surface area contributed by atoms with Crippen LogP contribution >= 0.6 is 11.3 Å². The van der Waals surface area contributed by atoms with Crippen molar-refractivity contribution in [3.05, 3.63) is 41.4 Å². The number of carbonyl (C=O) groups excluding carboxylic acids is 1. The molecule has 25 heavy (non-hydrogen) atoms. The molecular formula is C17H21N3O3S2. The van der Waals surface area contributed by atoms with Crippen LogP contribution in [0.3, 0.4) is 0 Å². The first-order valence-corrected chi connectivity index (χ1v) is 10.7. The maximum Gasteiger partial charge on any atom is 0.223 e. The number of nitrogens with zero attached hydrogens (tertiary/aromatic N) is 3. The number of thiazole rings is 1. The molecule has 1 aliphatic heterocycles. The van der Waals surface area contributed by atoms with Crippen molar-refractivity contribution >= 4 is 32.2 Å². The van der Waals surface area contributed by atoms with Gasteiger partial charge in [-0.25, -0.2) is 13.4 Å². The van der Waals surface area contributed by atoms with Gasteiger partial charge >= 0.3 is 0 Å². The van der Waals surface area contributed by atoms with Gasteiger partial charge in [0.2, 0.25) is 5.91 Å². The van der Waals surface area contributed by atoms with Gasteiger partial charge in [-0.3, -0.25) is 4.79 Å². The Labute approximate surface area is 152 Å². The van der Waals surface area contributed by atoms with Crippen LogP contribution < -0.4 is 4.90 Å². The lowest BCUT2D eigenvalue weighted by Gasteiger charge is -2.34. The van der Waals surface area contributed by atoms with E-state index in [1.54, 1.807) is 46.7 Å². The Morgan fingerprint density at radius 3 is 2.44 bits per heavy atom.